The third-order valence-corrected chi connectivity index (χ3v) is 6.18. The van der Waals surface area contributed by atoms with E-state index in [-0.39, 0.29) is 18.1 Å². The first kappa shape index (κ1) is 23.4. The molecule has 2 saturated heterocycles. The van der Waals surface area contributed by atoms with Crippen molar-refractivity contribution in [3.63, 3.8) is 0 Å². The second kappa shape index (κ2) is 9.26. The zero-order valence-corrected chi connectivity index (χ0v) is 20.5. The maximum atomic E-state index is 12.7. The van der Waals surface area contributed by atoms with E-state index < -0.39 is 17.7 Å². The summed E-state index contributed by atoms with van der Waals surface area (Å²) in [6, 6.07) is 5.32. The molecule has 0 radical (unpaired) electrons. The summed E-state index contributed by atoms with van der Waals surface area (Å²) in [6.45, 7) is 11.6. The van der Waals surface area contributed by atoms with Crippen LogP contribution in [0.2, 0.25) is 0 Å². The van der Waals surface area contributed by atoms with Gasteiger partial charge in [0.1, 0.15) is 23.2 Å². The fraction of sp³-hybridized carbons (Fsp3) is 0.565. The van der Waals surface area contributed by atoms with Gasteiger partial charge in [-0.3, -0.25) is 9.69 Å². The van der Waals surface area contributed by atoms with E-state index in [9.17, 15) is 9.59 Å². The van der Waals surface area contributed by atoms with E-state index in [0.29, 0.717) is 23.8 Å². The van der Waals surface area contributed by atoms with Gasteiger partial charge < -0.3 is 19.7 Å². The first-order valence-corrected chi connectivity index (χ1v) is 12.1. The van der Waals surface area contributed by atoms with Crippen LogP contribution in [0.15, 0.2) is 23.6 Å². The Morgan fingerprint density at radius 3 is 2.52 bits per heavy atom. The van der Waals surface area contributed by atoms with Crippen LogP contribution < -0.4 is 10.2 Å². The van der Waals surface area contributed by atoms with Gasteiger partial charge in [0.2, 0.25) is 5.91 Å². The van der Waals surface area contributed by atoms with E-state index in [1.165, 1.54) is 16.2 Å². The van der Waals surface area contributed by atoms with Crippen LogP contribution in [0, 0.1) is 0 Å². The maximum Gasteiger partial charge on any atom is 0.410 e. The molecule has 9 nitrogen and oxygen atoms in total. The van der Waals surface area contributed by atoms with Crippen molar-refractivity contribution in [2.24, 2.45) is 0 Å². The van der Waals surface area contributed by atoms with Crippen molar-refractivity contribution in [1.29, 1.82) is 0 Å². The predicted molar refractivity (Wildman–Crippen MR) is 128 cm³/mol. The lowest BCUT2D eigenvalue weighted by Crippen LogP contribution is -2.57. The van der Waals surface area contributed by atoms with Crippen LogP contribution in [0.5, 0.6) is 0 Å². The molecule has 3 atom stereocenters. The topological polar surface area (TPSA) is 96.9 Å². The van der Waals surface area contributed by atoms with Crippen LogP contribution in [0.25, 0.3) is 11.4 Å². The first-order valence-electron chi connectivity index (χ1n) is 11.2. The van der Waals surface area contributed by atoms with Crippen molar-refractivity contribution in [3.8, 4) is 11.4 Å². The Morgan fingerprint density at radius 2 is 1.88 bits per heavy atom. The molecule has 2 fully saturated rings. The van der Waals surface area contributed by atoms with Crippen molar-refractivity contribution < 1.29 is 19.1 Å². The number of pyridine rings is 1. The normalized spacial score (nSPS) is 23.1. The minimum Gasteiger partial charge on any atom is -0.444 e. The molecule has 0 bridgehead atoms. The smallest absolute Gasteiger partial charge is 0.410 e. The second-order valence-electron chi connectivity index (χ2n) is 9.55. The molecule has 0 aromatic carbocycles. The Balaban J connectivity index is 1.40. The van der Waals surface area contributed by atoms with Gasteiger partial charge in [0.25, 0.3) is 0 Å². The molecule has 0 saturated carbocycles. The van der Waals surface area contributed by atoms with Crippen LogP contribution in [-0.2, 0) is 14.3 Å². The van der Waals surface area contributed by atoms with Crippen LogP contribution in [0.4, 0.5) is 15.7 Å². The molecular formula is C23H31N5O4S. The largest absolute Gasteiger partial charge is 0.444 e. The minimum atomic E-state index is -0.600. The van der Waals surface area contributed by atoms with Gasteiger partial charge >= 0.3 is 6.09 Å². The Morgan fingerprint density at radius 1 is 1.15 bits per heavy atom. The molecule has 33 heavy (non-hydrogen) atoms. The number of hydrogen-bond donors (Lipinski definition) is 1. The number of carbonyl (C=O) groups is 2. The molecule has 0 unspecified atom stereocenters. The SMILES string of the molecule is C[C@@H]1CN(c2cccc(-c3csc(NC(=O)[C@H]4CCN4C(=O)OC(C)(C)C)n3)n2)C[C@H](C)O1. The molecule has 178 valence electrons. The van der Waals surface area contributed by atoms with Gasteiger partial charge in [-0.05, 0) is 53.2 Å². The Bertz CT molecular complexity index is 1010. The summed E-state index contributed by atoms with van der Waals surface area (Å²) in [5.74, 6) is 0.626. The number of likely N-dealkylation sites (tertiary alicyclic amines) is 1. The number of ether oxygens (including phenoxy) is 2. The van der Waals surface area contributed by atoms with E-state index in [1.54, 1.807) is 20.8 Å². The summed E-state index contributed by atoms with van der Waals surface area (Å²) < 4.78 is 11.2. The quantitative estimate of drug-likeness (QED) is 0.722. The molecule has 2 aromatic rings. The molecule has 2 aliphatic rings. The average molecular weight is 474 g/mol. The molecule has 2 aromatic heterocycles. The third kappa shape index (κ3) is 5.62. The van der Waals surface area contributed by atoms with Gasteiger partial charge in [0, 0.05) is 25.0 Å². The van der Waals surface area contributed by atoms with E-state index in [4.69, 9.17) is 14.5 Å². The highest BCUT2D eigenvalue weighted by molar-refractivity contribution is 7.14. The number of carbonyl (C=O) groups excluding carboxylic acids is 2. The highest BCUT2D eigenvalue weighted by Gasteiger charge is 2.40. The fourth-order valence-electron chi connectivity index (χ4n) is 3.94. The average Bonchev–Trinajstić information content (AvgIpc) is 3.13. The monoisotopic (exact) mass is 473 g/mol. The maximum absolute atomic E-state index is 12.7. The fourth-order valence-corrected chi connectivity index (χ4v) is 4.65. The van der Waals surface area contributed by atoms with Gasteiger partial charge in [-0.1, -0.05) is 6.07 Å². The van der Waals surface area contributed by atoms with Gasteiger partial charge in [-0.15, -0.1) is 11.3 Å². The molecular weight excluding hydrogens is 442 g/mol. The van der Waals surface area contributed by atoms with E-state index in [0.717, 1.165) is 24.6 Å². The van der Waals surface area contributed by atoms with Gasteiger partial charge in [-0.2, -0.15) is 0 Å². The number of amides is 2. The first-order chi connectivity index (χ1) is 15.6. The van der Waals surface area contributed by atoms with Gasteiger partial charge in [0.15, 0.2) is 5.13 Å². The van der Waals surface area contributed by atoms with Crippen LogP contribution in [0.1, 0.15) is 41.0 Å². The summed E-state index contributed by atoms with van der Waals surface area (Å²) in [7, 11) is 0. The molecule has 4 rings (SSSR count). The number of anilines is 2. The van der Waals surface area contributed by atoms with Gasteiger partial charge in [0.05, 0.1) is 17.9 Å². The predicted octanol–water partition coefficient (Wildman–Crippen LogP) is 3.77. The lowest BCUT2D eigenvalue weighted by atomic mass is 10.0. The summed E-state index contributed by atoms with van der Waals surface area (Å²) in [5, 5.41) is 5.19. The number of nitrogens with one attached hydrogen (secondary N) is 1. The van der Waals surface area contributed by atoms with E-state index >= 15 is 0 Å². The van der Waals surface area contributed by atoms with Crippen molar-refractivity contribution in [1.82, 2.24) is 14.9 Å². The molecule has 0 spiro atoms. The molecule has 2 amide bonds. The van der Waals surface area contributed by atoms with Crippen molar-refractivity contribution in [2.75, 3.05) is 29.9 Å². The lowest BCUT2D eigenvalue weighted by Gasteiger charge is -2.39. The summed E-state index contributed by atoms with van der Waals surface area (Å²) in [4.78, 5) is 38.0. The van der Waals surface area contributed by atoms with Gasteiger partial charge in [-0.25, -0.2) is 14.8 Å². The number of nitrogens with zero attached hydrogens (tertiary/aromatic N) is 4. The van der Waals surface area contributed by atoms with Crippen molar-refractivity contribution in [2.45, 2.75) is 64.9 Å². The van der Waals surface area contributed by atoms with Crippen LogP contribution in [-0.4, -0.2) is 70.4 Å². The highest BCUT2D eigenvalue weighted by atomic mass is 32.1. The Kier molecular flexibility index (Phi) is 6.58. The molecule has 10 heteroatoms. The molecule has 2 aliphatic heterocycles. The molecule has 4 heterocycles. The Hall–Kier alpha value is -2.72. The highest BCUT2D eigenvalue weighted by Crippen LogP contribution is 2.28. The standard InChI is InChI=1S/C23H31N5O4S/c1-14-11-27(12-15(2)31-14)19-8-6-7-16(24-19)17-13-33-21(25-17)26-20(29)18-9-10-28(18)22(30)32-23(3,4)5/h6-8,13-15,18H,9-12H2,1-5H3,(H,25,26,29)/t14-,15+,18-/m1/s1. The number of thiazole rings is 1. The summed E-state index contributed by atoms with van der Waals surface area (Å²) in [5.41, 5.74) is 0.843. The van der Waals surface area contributed by atoms with Crippen LogP contribution >= 0.6 is 11.3 Å². The van der Waals surface area contributed by atoms with E-state index in [2.05, 4.69) is 29.0 Å². The number of hydrogen-bond acceptors (Lipinski definition) is 8. The second-order valence-corrected chi connectivity index (χ2v) is 10.4. The molecule has 0 aliphatic carbocycles. The van der Waals surface area contributed by atoms with Crippen molar-refractivity contribution >= 4 is 34.3 Å². The van der Waals surface area contributed by atoms with E-state index in [1.807, 2.05) is 23.6 Å². The lowest BCUT2D eigenvalue weighted by molar-refractivity contribution is -0.125. The minimum absolute atomic E-state index is 0.145. The molecule has 1 N–H and O–H groups in total. The summed E-state index contributed by atoms with van der Waals surface area (Å²) in [6.07, 6.45) is 0.420. The Labute approximate surface area is 198 Å². The number of aromatic nitrogens is 2. The zero-order chi connectivity index (χ0) is 23.8. The van der Waals surface area contributed by atoms with Crippen LogP contribution in [0.3, 0.4) is 0 Å². The number of morpholine rings is 1. The summed E-state index contributed by atoms with van der Waals surface area (Å²) >= 11 is 1.34. The van der Waals surface area contributed by atoms with Crippen molar-refractivity contribution in [3.05, 3.63) is 23.6 Å². The zero-order valence-electron chi connectivity index (χ0n) is 19.7. The third-order valence-electron chi connectivity index (χ3n) is 5.43. The number of rotatable bonds is 4.